The lowest BCUT2D eigenvalue weighted by Gasteiger charge is -2.40. The van der Waals surface area contributed by atoms with Gasteiger partial charge in [-0.15, -0.1) is 0 Å². The van der Waals surface area contributed by atoms with E-state index in [-0.39, 0.29) is 23.5 Å². The number of nitrogens with zero attached hydrogens (tertiary/aromatic N) is 1. The molecule has 0 heterocycles. The van der Waals surface area contributed by atoms with E-state index < -0.39 is 82.8 Å². The molecular weight excluding hydrogens is 621 g/mol. The third-order valence-corrected chi connectivity index (χ3v) is 8.11. The molecule has 5 N–H and O–H groups in total. The molecule has 11 nitrogen and oxygen atoms in total. The second kappa shape index (κ2) is 16.2. The lowest BCUT2D eigenvalue weighted by atomic mass is 9.76. The van der Waals surface area contributed by atoms with Crippen LogP contribution >= 0.6 is 0 Å². The molecule has 1 rings (SSSR count). The molecule has 0 saturated carbocycles. The maximum Gasteiger partial charge on any atom is 0.416 e. The number of rotatable bonds is 15. The number of hydrogen-bond donors (Lipinski definition) is 5. The second-order valence-electron chi connectivity index (χ2n) is 13.7. The minimum Gasteiger partial charge on any atom is -0.481 e. The number of alkyl halides is 3. The maximum absolute atomic E-state index is 14.0. The molecule has 0 saturated heterocycles. The van der Waals surface area contributed by atoms with Crippen LogP contribution in [0, 0.1) is 11.3 Å². The van der Waals surface area contributed by atoms with Crippen molar-refractivity contribution in [1.29, 1.82) is 0 Å². The average molecular weight is 671 g/mol. The van der Waals surface area contributed by atoms with Gasteiger partial charge >= 0.3 is 18.1 Å². The van der Waals surface area contributed by atoms with Crippen LogP contribution in [-0.2, 0) is 35.6 Å². The van der Waals surface area contributed by atoms with Crippen LogP contribution in [0.3, 0.4) is 0 Å². The number of carbonyl (C=O) groups is 5. The van der Waals surface area contributed by atoms with Crippen LogP contribution in [0.2, 0.25) is 0 Å². The Morgan fingerprint density at radius 2 is 1.49 bits per heavy atom. The molecule has 0 spiro atoms. The average Bonchev–Trinajstić information content (AvgIpc) is 2.94. The van der Waals surface area contributed by atoms with Crippen molar-refractivity contribution in [3.8, 4) is 0 Å². The number of likely N-dealkylation sites (N-methyl/N-ethyl adjacent to an activating group) is 2. The molecule has 1 unspecified atom stereocenters. The van der Waals surface area contributed by atoms with Crippen molar-refractivity contribution in [3.05, 3.63) is 47.0 Å². The van der Waals surface area contributed by atoms with Crippen LogP contribution in [0.1, 0.15) is 79.4 Å². The SMILES string of the molecule is CN[C@H](C(=O)NC(C(=O)N(C)[C@H](/C=C(\C)C(=O)N[C@H](CCC(=O)O)C(=O)O)C(C)C)C(C)(C)C)C(C)(C)c1cccc(C(F)(F)F)c1. The van der Waals surface area contributed by atoms with Gasteiger partial charge in [0.05, 0.1) is 17.6 Å². The molecule has 1 aromatic rings. The largest absolute Gasteiger partial charge is 0.481 e. The molecule has 0 fully saturated rings. The summed E-state index contributed by atoms with van der Waals surface area (Å²) < 4.78 is 40.3. The number of benzene rings is 1. The number of carbonyl (C=O) groups excluding carboxylic acids is 3. The lowest BCUT2D eigenvalue weighted by Crippen LogP contribution is -2.61. The van der Waals surface area contributed by atoms with Gasteiger partial charge in [-0.25, -0.2) is 4.79 Å². The Balaban J connectivity index is 3.36. The van der Waals surface area contributed by atoms with E-state index >= 15 is 0 Å². The monoisotopic (exact) mass is 670 g/mol. The molecule has 264 valence electrons. The van der Waals surface area contributed by atoms with Crippen molar-refractivity contribution < 1.29 is 47.4 Å². The van der Waals surface area contributed by atoms with Crippen LogP contribution in [0.4, 0.5) is 13.2 Å². The Hall–Kier alpha value is -3.94. The van der Waals surface area contributed by atoms with Gasteiger partial charge in [0.1, 0.15) is 12.1 Å². The molecule has 1 aromatic carbocycles. The van der Waals surface area contributed by atoms with Crippen molar-refractivity contribution in [3.63, 3.8) is 0 Å². The van der Waals surface area contributed by atoms with Gasteiger partial charge in [-0.3, -0.25) is 19.2 Å². The first-order valence-corrected chi connectivity index (χ1v) is 15.2. The van der Waals surface area contributed by atoms with E-state index in [1.165, 1.54) is 44.1 Å². The molecule has 14 heteroatoms. The Morgan fingerprint density at radius 1 is 0.936 bits per heavy atom. The molecule has 0 aromatic heterocycles. The summed E-state index contributed by atoms with van der Waals surface area (Å²) >= 11 is 0. The summed E-state index contributed by atoms with van der Waals surface area (Å²) in [6.07, 6.45) is -3.85. The number of carboxylic acid groups (broad SMARTS) is 2. The molecular formula is C33H49F3N4O7. The third kappa shape index (κ3) is 11.4. The number of aliphatic carboxylic acids is 2. The standard InChI is InChI=1S/C33H49F3N4O7/c1-18(2)23(16-19(3)27(43)38-22(30(46)47)14-15-24(41)42)40(10)29(45)26(31(4,5)6)39-28(44)25(37-9)32(7,8)20-12-11-13-21(17-20)33(34,35)36/h11-13,16-18,22-23,25-26,37H,14-15H2,1-10H3,(H,38,43)(H,39,44)(H,41,42)(H,46,47)/b19-16+/t22-,23-,25-,26?/m1/s1. The number of hydrogen-bond acceptors (Lipinski definition) is 6. The molecule has 0 aliphatic heterocycles. The maximum atomic E-state index is 14.0. The summed E-state index contributed by atoms with van der Waals surface area (Å²) in [6, 6.07) is 0.497. The van der Waals surface area contributed by atoms with Crippen molar-refractivity contribution in [1.82, 2.24) is 20.9 Å². The zero-order valence-corrected chi connectivity index (χ0v) is 28.7. The van der Waals surface area contributed by atoms with E-state index in [2.05, 4.69) is 16.0 Å². The quantitative estimate of drug-likeness (QED) is 0.175. The molecule has 0 aliphatic rings. The molecule has 0 bridgehead atoms. The van der Waals surface area contributed by atoms with Crippen molar-refractivity contribution >= 4 is 29.7 Å². The highest BCUT2D eigenvalue weighted by Crippen LogP contribution is 2.34. The van der Waals surface area contributed by atoms with Crippen LogP contribution < -0.4 is 16.0 Å². The van der Waals surface area contributed by atoms with E-state index in [1.54, 1.807) is 34.6 Å². The minimum absolute atomic E-state index is 0.0966. The van der Waals surface area contributed by atoms with Crippen LogP contribution in [0.25, 0.3) is 0 Å². The molecule has 47 heavy (non-hydrogen) atoms. The molecule has 4 atom stereocenters. The van der Waals surface area contributed by atoms with E-state index in [0.29, 0.717) is 0 Å². The van der Waals surface area contributed by atoms with Crippen molar-refractivity contribution in [2.24, 2.45) is 11.3 Å². The first kappa shape index (κ1) is 41.1. The van der Waals surface area contributed by atoms with Crippen LogP contribution in [0.5, 0.6) is 0 Å². The van der Waals surface area contributed by atoms with Crippen molar-refractivity contribution in [2.75, 3.05) is 14.1 Å². The van der Waals surface area contributed by atoms with Gasteiger partial charge in [-0.1, -0.05) is 72.7 Å². The first-order valence-electron chi connectivity index (χ1n) is 15.2. The van der Waals surface area contributed by atoms with E-state index in [0.717, 1.165) is 12.1 Å². The van der Waals surface area contributed by atoms with Gasteiger partial charge in [0.25, 0.3) is 0 Å². The van der Waals surface area contributed by atoms with Gasteiger partial charge in [-0.2, -0.15) is 13.2 Å². The summed E-state index contributed by atoms with van der Waals surface area (Å²) in [6.45, 7) is 13.6. The Kier molecular flexibility index (Phi) is 14.2. The lowest BCUT2D eigenvalue weighted by molar-refractivity contribution is -0.142. The topological polar surface area (TPSA) is 165 Å². The van der Waals surface area contributed by atoms with E-state index in [9.17, 15) is 42.3 Å². The molecule has 0 radical (unpaired) electrons. The predicted octanol–water partition coefficient (Wildman–Crippen LogP) is 3.97. The van der Waals surface area contributed by atoms with Gasteiger partial charge < -0.3 is 31.1 Å². The second-order valence-corrected chi connectivity index (χ2v) is 13.7. The fraction of sp³-hybridized carbons (Fsp3) is 0.606. The highest BCUT2D eigenvalue weighted by atomic mass is 19.4. The smallest absolute Gasteiger partial charge is 0.416 e. The normalized spacial score (nSPS) is 15.3. The molecule has 0 aliphatic carbocycles. The summed E-state index contributed by atoms with van der Waals surface area (Å²) in [5.41, 5.74) is -2.44. The zero-order valence-electron chi connectivity index (χ0n) is 28.7. The number of carboxylic acids is 2. The summed E-state index contributed by atoms with van der Waals surface area (Å²) in [5.74, 6) is -4.69. The highest BCUT2D eigenvalue weighted by Gasteiger charge is 2.42. The zero-order chi connectivity index (χ0) is 36.7. The van der Waals surface area contributed by atoms with Gasteiger partial charge in [0.15, 0.2) is 0 Å². The Morgan fingerprint density at radius 3 is 1.94 bits per heavy atom. The number of amides is 3. The fourth-order valence-corrected chi connectivity index (χ4v) is 5.19. The summed E-state index contributed by atoms with van der Waals surface area (Å²) in [7, 11) is 3.01. The van der Waals surface area contributed by atoms with E-state index in [4.69, 9.17) is 5.11 Å². The Bertz CT molecular complexity index is 1340. The van der Waals surface area contributed by atoms with Crippen LogP contribution in [0.15, 0.2) is 35.9 Å². The van der Waals surface area contributed by atoms with E-state index in [1.807, 2.05) is 13.8 Å². The van der Waals surface area contributed by atoms with Gasteiger partial charge in [0.2, 0.25) is 17.7 Å². The summed E-state index contributed by atoms with van der Waals surface area (Å²) in [5, 5.41) is 26.3. The van der Waals surface area contributed by atoms with Gasteiger partial charge in [0, 0.05) is 24.5 Å². The third-order valence-electron chi connectivity index (χ3n) is 8.11. The first-order chi connectivity index (χ1) is 21.4. The predicted molar refractivity (Wildman–Crippen MR) is 170 cm³/mol. The van der Waals surface area contributed by atoms with Crippen molar-refractivity contribution in [2.45, 2.75) is 104 Å². The highest BCUT2D eigenvalue weighted by molar-refractivity contribution is 5.96. The molecule has 3 amide bonds. The number of halogens is 3. The van der Waals surface area contributed by atoms with Crippen LogP contribution in [-0.4, -0.2) is 83.0 Å². The fourth-order valence-electron chi connectivity index (χ4n) is 5.19. The minimum atomic E-state index is -4.57. The Labute approximate surface area is 274 Å². The van der Waals surface area contributed by atoms with Gasteiger partial charge in [-0.05, 0) is 43.4 Å². The summed E-state index contributed by atoms with van der Waals surface area (Å²) in [4.78, 5) is 64.5. The number of nitrogens with one attached hydrogen (secondary N) is 3.